The molecule has 0 heterocycles. The molecule has 1 unspecified atom stereocenters. The van der Waals surface area contributed by atoms with Gasteiger partial charge in [-0.15, -0.1) is 0 Å². The van der Waals surface area contributed by atoms with Crippen LogP contribution in [0.1, 0.15) is 201 Å². The molecule has 0 aromatic rings. The predicted molar refractivity (Wildman–Crippen MR) is 269 cm³/mol. The first kappa shape index (κ1) is 58.8. The normalized spacial score (nSPS) is 13.1. The van der Waals surface area contributed by atoms with Gasteiger partial charge in [0.05, 0.1) is 0 Å². The smallest absolute Gasteiger partial charge is 0.306 e. The zero-order valence-electron chi connectivity index (χ0n) is 40.3. The molecule has 0 saturated heterocycles. The number of ether oxygens (including phenoxy) is 3. The van der Waals surface area contributed by atoms with Crippen LogP contribution in [0.3, 0.4) is 0 Å². The van der Waals surface area contributed by atoms with E-state index < -0.39 is 6.10 Å². The van der Waals surface area contributed by atoms with Gasteiger partial charge in [-0.25, -0.2) is 0 Å². The molecule has 0 aliphatic rings. The van der Waals surface area contributed by atoms with Gasteiger partial charge in [0.15, 0.2) is 6.10 Å². The average Bonchev–Trinajstić information content (AvgIpc) is 3.28. The van der Waals surface area contributed by atoms with E-state index in [4.69, 9.17) is 14.2 Å². The molecule has 0 fully saturated rings. The standard InChI is InChI=1S/C57H90O6/c1-4-7-10-13-16-19-22-24-26-28-29-31-32-35-38-41-44-47-50-56(59)62-53-54(52-61-55(58)49-46-43-40-37-34-21-18-15-12-9-6-3)63-57(60)51-48-45-42-39-36-33-30-27-25-23-20-17-14-11-8-5-2/h8,11,15-22,24-29,31,33-34,36,54H,4-7,9-10,12-14,23,30,32,35,37-53H2,1-3H3/b11-8-,18-15-,19-16-,20-17-,24-22-,27-25-,28-26-,31-29-,34-21-,36-33-. The Morgan fingerprint density at radius 3 is 1.19 bits per heavy atom. The molecule has 354 valence electrons. The Balaban J connectivity index is 4.53. The van der Waals surface area contributed by atoms with E-state index >= 15 is 0 Å². The number of hydrogen-bond donors (Lipinski definition) is 0. The quantitative estimate of drug-likeness (QED) is 0.0200. The summed E-state index contributed by atoms with van der Waals surface area (Å²) in [4.78, 5) is 37.9. The lowest BCUT2D eigenvalue weighted by atomic mass is 10.1. The average molecular weight is 871 g/mol. The van der Waals surface area contributed by atoms with Crippen molar-refractivity contribution in [3.05, 3.63) is 122 Å². The summed E-state index contributed by atoms with van der Waals surface area (Å²) in [7, 11) is 0. The van der Waals surface area contributed by atoms with E-state index in [2.05, 4.69) is 142 Å². The molecule has 0 amide bonds. The SMILES string of the molecule is CC/C=C\C/C=C\C/C=C\C/C=C\CCCCCC(=O)OC(COC(=O)CCCCC/C=C\C=C/CCCC)COC(=O)CCCCCCC\C=C/C=C\C=C/C=C\CCCCC. The van der Waals surface area contributed by atoms with E-state index in [0.717, 1.165) is 122 Å². The minimum absolute atomic E-state index is 0.116. The molecule has 0 radical (unpaired) electrons. The fourth-order valence-electron chi connectivity index (χ4n) is 6.24. The first-order chi connectivity index (χ1) is 31.0. The van der Waals surface area contributed by atoms with Crippen molar-refractivity contribution in [2.75, 3.05) is 13.2 Å². The van der Waals surface area contributed by atoms with E-state index in [9.17, 15) is 14.4 Å². The molecule has 6 nitrogen and oxygen atoms in total. The van der Waals surface area contributed by atoms with Crippen LogP contribution < -0.4 is 0 Å². The first-order valence-electron chi connectivity index (χ1n) is 25.1. The molecule has 0 aromatic carbocycles. The van der Waals surface area contributed by atoms with E-state index in [0.29, 0.717) is 19.3 Å². The summed E-state index contributed by atoms with van der Waals surface area (Å²) >= 11 is 0. The highest BCUT2D eigenvalue weighted by Gasteiger charge is 2.19. The molecule has 1 atom stereocenters. The molecule has 0 bridgehead atoms. The molecule has 0 saturated carbocycles. The number of esters is 3. The molecule has 0 rings (SSSR count). The van der Waals surface area contributed by atoms with Crippen LogP contribution in [0.4, 0.5) is 0 Å². The number of carbonyl (C=O) groups excluding carboxylic acids is 3. The first-order valence-corrected chi connectivity index (χ1v) is 25.1. The lowest BCUT2D eigenvalue weighted by molar-refractivity contribution is -0.167. The summed E-state index contributed by atoms with van der Waals surface area (Å²) in [5.41, 5.74) is 0. The van der Waals surface area contributed by atoms with Gasteiger partial charge < -0.3 is 14.2 Å². The van der Waals surface area contributed by atoms with Crippen LogP contribution in [0.15, 0.2) is 122 Å². The third-order valence-electron chi connectivity index (χ3n) is 10.0. The molecule has 0 spiro atoms. The largest absolute Gasteiger partial charge is 0.462 e. The lowest BCUT2D eigenvalue weighted by Gasteiger charge is -2.18. The fraction of sp³-hybridized carbons (Fsp3) is 0.596. The minimum atomic E-state index is -0.818. The second-order valence-corrected chi connectivity index (χ2v) is 16.1. The number of hydrogen-bond acceptors (Lipinski definition) is 6. The van der Waals surface area contributed by atoms with Gasteiger partial charge in [-0.1, -0.05) is 200 Å². The Hall–Kier alpha value is -4.19. The van der Waals surface area contributed by atoms with Crippen LogP contribution in [0.5, 0.6) is 0 Å². The van der Waals surface area contributed by atoms with Crippen molar-refractivity contribution < 1.29 is 28.6 Å². The molecule has 0 aromatic heterocycles. The van der Waals surface area contributed by atoms with Crippen LogP contribution >= 0.6 is 0 Å². The Kier molecular flexibility index (Phi) is 47.1. The summed E-state index contributed by atoms with van der Waals surface area (Å²) in [6, 6.07) is 0. The zero-order valence-corrected chi connectivity index (χ0v) is 40.3. The Bertz CT molecular complexity index is 1370. The van der Waals surface area contributed by atoms with E-state index in [1.807, 2.05) is 0 Å². The maximum absolute atomic E-state index is 12.8. The maximum atomic E-state index is 12.8. The monoisotopic (exact) mass is 871 g/mol. The minimum Gasteiger partial charge on any atom is -0.462 e. The third kappa shape index (κ3) is 48.7. The zero-order chi connectivity index (χ0) is 45.8. The van der Waals surface area contributed by atoms with Crippen LogP contribution in [0, 0.1) is 0 Å². The fourth-order valence-corrected chi connectivity index (χ4v) is 6.24. The van der Waals surface area contributed by atoms with Crippen molar-refractivity contribution >= 4 is 17.9 Å². The Labute approximate surface area is 386 Å². The van der Waals surface area contributed by atoms with Crippen molar-refractivity contribution in [2.24, 2.45) is 0 Å². The van der Waals surface area contributed by atoms with Crippen LogP contribution in [-0.4, -0.2) is 37.2 Å². The topological polar surface area (TPSA) is 78.9 Å². The van der Waals surface area contributed by atoms with Gasteiger partial charge in [0.25, 0.3) is 0 Å². The second-order valence-electron chi connectivity index (χ2n) is 16.1. The molecule has 6 heteroatoms. The number of rotatable bonds is 43. The lowest BCUT2D eigenvalue weighted by Crippen LogP contribution is -2.30. The molecule has 0 aliphatic carbocycles. The summed E-state index contributed by atoms with van der Waals surface area (Å²) < 4.78 is 16.7. The van der Waals surface area contributed by atoms with Crippen LogP contribution in [-0.2, 0) is 28.6 Å². The highest BCUT2D eigenvalue weighted by molar-refractivity contribution is 5.71. The van der Waals surface area contributed by atoms with E-state index in [1.54, 1.807) is 0 Å². The predicted octanol–water partition coefficient (Wildman–Crippen LogP) is 16.5. The summed E-state index contributed by atoms with van der Waals surface area (Å²) in [6.45, 7) is 6.33. The van der Waals surface area contributed by atoms with E-state index in [1.165, 1.54) is 32.1 Å². The van der Waals surface area contributed by atoms with Crippen molar-refractivity contribution in [1.82, 2.24) is 0 Å². The molecule has 63 heavy (non-hydrogen) atoms. The van der Waals surface area contributed by atoms with Gasteiger partial charge in [0, 0.05) is 19.3 Å². The number of unbranched alkanes of at least 4 members (excludes halogenated alkanes) is 16. The highest BCUT2D eigenvalue weighted by atomic mass is 16.6. The Morgan fingerprint density at radius 1 is 0.349 bits per heavy atom. The third-order valence-corrected chi connectivity index (χ3v) is 10.0. The molecule has 0 aliphatic heterocycles. The summed E-state index contributed by atoms with van der Waals surface area (Å²) in [5.74, 6) is -1.01. The van der Waals surface area contributed by atoms with Gasteiger partial charge in [-0.2, -0.15) is 0 Å². The number of allylic oxidation sites excluding steroid dienone is 20. The molecular weight excluding hydrogens is 781 g/mol. The molecule has 0 N–H and O–H groups in total. The van der Waals surface area contributed by atoms with Gasteiger partial charge >= 0.3 is 17.9 Å². The van der Waals surface area contributed by atoms with Crippen molar-refractivity contribution in [3.63, 3.8) is 0 Å². The van der Waals surface area contributed by atoms with Gasteiger partial charge in [0.2, 0.25) is 0 Å². The Morgan fingerprint density at radius 2 is 0.698 bits per heavy atom. The van der Waals surface area contributed by atoms with Crippen molar-refractivity contribution in [3.8, 4) is 0 Å². The number of carbonyl (C=O) groups is 3. The molecular formula is C57H90O6. The van der Waals surface area contributed by atoms with Gasteiger partial charge in [0.1, 0.15) is 13.2 Å². The second kappa shape index (κ2) is 50.5. The van der Waals surface area contributed by atoms with Crippen molar-refractivity contribution in [2.45, 2.75) is 207 Å². The van der Waals surface area contributed by atoms with Gasteiger partial charge in [-0.05, 0) is 103 Å². The van der Waals surface area contributed by atoms with Crippen LogP contribution in [0.2, 0.25) is 0 Å². The summed E-state index contributed by atoms with van der Waals surface area (Å²) in [5, 5.41) is 0. The highest BCUT2D eigenvalue weighted by Crippen LogP contribution is 2.12. The van der Waals surface area contributed by atoms with Crippen molar-refractivity contribution in [1.29, 1.82) is 0 Å². The maximum Gasteiger partial charge on any atom is 0.306 e. The summed E-state index contributed by atoms with van der Waals surface area (Å²) in [6.07, 6.45) is 68.9. The van der Waals surface area contributed by atoms with Crippen LogP contribution in [0.25, 0.3) is 0 Å². The van der Waals surface area contributed by atoms with E-state index in [-0.39, 0.29) is 37.5 Å². The van der Waals surface area contributed by atoms with Gasteiger partial charge in [-0.3, -0.25) is 14.4 Å².